The molecular weight excluding hydrogens is 493 g/mol. The van der Waals surface area contributed by atoms with Crippen LogP contribution in [0.15, 0.2) is 71.6 Å². The molecule has 174 valence electrons. The van der Waals surface area contributed by atoms with Crippen LogP contribution in [0.5, 0.6) is 11.5 Å². The second-order valence-corrected chi connectivity index (χ2v) is 9.40. The summed E-state index contributed by atoms with van der Waals surface area (Å²) in [5.41, 5.74) is 2.55. The number of nitrogens with zero attached hydrogens (tertiary/aromatic N) is 1. The zero-order valence-corrected chi connectivity index (χ0v) is 20.6. The Kier molecular flexibility index (Phi) is 7.83. The molecule has 2 amide bonds. The number of amides is 2. The smallest absolute Gasteiger partial charge is 0.293 e. The van der Waals surface area contributed by atoms with Gasteiger partial charge in [-0.2, -0.15) is 0 Å². The van der Waals surface area contributed by atoms with Crippen molar-refractivity contribution in [2.45, 2.75) is 13.5 Å². The van der Waals surface area contributed by atoms with Crippen LogP contribution in [0.4, 0.5) is 4.79 Å². The summed E-state index contributed by atoms with van der Waals surface area (Å²) in [6.07, 6.45) is 1.67. The monoisotopic (exact) mass is 513 g/mol. The summed E-state index contributed by atoms with van der Waals surface area (Å²) >= 11 is 13.1. The third kappa shape index (κ3) is 5.95. The molecule has 1 heterocycles. The second-order valence-electron chi connectivity index (χ2n) is 7.56. The first-order chi connectivity index (χ1) is 16.4. The van der Waals surface area contributed by atoms with Gasteiger partial charge in [0.1, 0.15) is 24.7 Å². The molecule has 4 rings (SSSR count). The first-order valence-corrected chi connectivity index (χ1v) is 12.1. The first-order valence-electron chi connectivity index (χ1n) is 10.5. The largest absolute Gasteiger partial charge is 0.492 e. The Labute approximate surface area is 212 Å². The molecule has 8 heteroatoms. The lowest BCUT2D eigenvalue weighted by atomic mass is 10.1. The van der Waals surface area contributed by atoms with Gasteiger partial charge in [-0.05, 0) is 60.7 Å². The lowest BCUT2D eigenvalue weighted by Gasteiger charge is -2.13. The van der Waals surface area contributed by atoms with Gasteiger partial charge in [0, 0.05) is 21.2 Å². The average molecular weight is 514 g/mol. The van der Waals surface area contributed by atoms with Gasteiger partial charge in [-0.15, -0.1) is 0 Å². The molecule has 1 aliphatic heterocycles. The van der Waals surface area contributed by atoms with Crippen LogP contribution in [-0.2, 0) is 11.4 Å². The minimum absolute atomic E-state index is 0.170. The molecule has 0 atom stereocenters. The number of carbonyl (C=O) groups is 2. The number of imide groups is 1. The number of aryl methyl sites for hydroxylation is 1. The molecule has 0 saturated carbocycles. The van der Waals surface area contributed by atoms with Crippen LogP contribution in [0.2, 0.25) is 10.0 Å². The zero-order chi connectivity index (χ0) is 24.1. The SMILES string of the molecule is Cc1cccc(OCCN2C(=O)S/C(=C\c3ccccc3OCc3ccc(Cl)cc3Cl)C2=O)c1. The molecule has 0 N–H and O–H groups in total. The molecule has 34 heavy (non-hydrogen) atoms. The quantitative estimate of drug-likeness (QED) is 0.303. The standard InChI is InChI=1S/C26H21Cl2NO4S/c1-17-5-4-7-21(13-17)32-12-11-29-25(30)24(34-26(29)31)14-18-6-2-3-8-23(18)33-16-19-9-10-20(27)15-22(19)28/h2-10,13-15H,11-12,16H2,1H3/b24-14-. The highest BCUT2D eigenvalue weighted by Gasteiger charge is 2.35. The van der Waals surface area contributed by atoms with Gasteiger partial charge in [0.05, 0.1) is 11.4 Å². The highest BCUT2D eigenvalue weighted by molar-refractivity contribution is 8.18. The van der Waals surface area contributed by atoms with E-state index in [1.165, 1.54) is 4.90 Å². The summed E-state index contributed by atoms with van der Waals surface area (Å²) in [7, 11) is 0. The fraction of sp³-hybridized carbons (Fsp3) is 0.154. The van der Waals surface area contributed by atoms with E-state index in [4.69, 9.17) is 32.7 Å². The number of ether oxygens (including phenoxy) is 2. The molecular formula is C26H21Cl2NO4S. The summed E-state index contributed by atoms with van der Waals surface area (Å²) in [4.78, 5) is 26.9. The van der Waals surface area contributed by atoms with Crippen molar-refractivity contribution in [3.63, 3.8) is 0 Å². The Hall–Kier alpha value is -2.93. The lowest BCUT2D eigenvalue weighted by molar-refractivity contribution is -0.123. The maximum absolute atomic E-state index is 12.9. The molecule has 5 nitrogen and oxygen atoms in total. The van der Waals surface area contributed by atoms with Crippen molar-refractivity contribution in [3.8, 4) is 11.5 Å². The molecule has 1 aliphatic rings. The van der Waals surface area contributed by atoms with E-state index in [1.807, 2.05) is 49.4 Å². The van der Waals surface area contributed by atoms with E-state index in [1.54, 1.807) is 30.3 Å². The zero-order valence-electron chi connectivity index (χ0n) is 18.3. The molecule has 3 aromatic rings. The van der Waals surface area contributed by atoms with Gasteiger partial charge in [0.15, 0.2) is 0 Å². The minimum atomic E-state index is -0.349. The molecule has 0 bridgehead atoms. The van der Waals surface area contributed by atoms with E-state index in [2.05, 4.69) is 0 Å². The molecule has 0 spiro atoms. The number of thioether (sulfide) groups is 1. The third-order valence-electron chi connectivity index (χ3n) is 5.05. The Morgan fingerprint density at radius 1 is 0.971 bits per heavy atom. The van der Waals surface area contributed by atoms with E-state index in [0.29, 0.717) is 32.0 Å². The van der Waals surface area contributed by atoms with Crippen molar-refractivity contribution < 1.29 is 19.1 Å². The Morgan fingerprint density at radius 2 is 1.79 bits per heavy atom. The molecule has 0 aromatic heterocycles. The van der Waals surface area contributed by atoms with E-state index in [9.17, 15) is 9.59 Å². The number of halogens is 2. The summed E-state index contributed by atoms with van der Waals surface area (Å²) in [5.74, 6) is 0.927. The van der Waals surface area contributed by atoms with E-state index >= 15 is 0 Å². The van der Waals surface area contributed by atoms with Crippen LogP contribution in [0.25, 0.3) is 6.08 Å². The maximum Gasteiger partial charge on any atom is 0.293 e. The third-order valence-corrected chi connectivity index (χ3v) is 6.54. The molecule has 3 aromatic carbocycles. The number of para-hydroxylation sites is 1. The predicted molar refractivity (Wildman–Crippen MR) is 137 cm³/mol. The number of hydrogen-bond donors (Lipinski definition) is 0. The minimum Gasteiger partial charge on any atom is -0.492 e. The van der Waals surface area contributed by atoms with Crippen molar-refractivity contribution in [3.05, 3.63) is 98.4 Å². The Balaban J connectivity index is 1.42. The predicted octanol–water partition coefficient (Wildman–Crippen LogP) is 7.00. The van der Waals surface area contributed by atoms with Gasteiger partial charge in [-0.1, -0.05) is 59.6 Å². The van der Waals surface area contributed by atoms with Gasteiger partial charge in [-0.3, -0.25) is 14.5 Å². The first kappa shape index (κ1) is 24.2. The highest BCUT2D eigenvalue weighted by atomic mass is 35.5. The van der Waals surface area contributed by atoms with Crippen molar-refractivity contribution in [1.82, 2.24) is 4.90 Å². The van der Waals surface area contributed by atoms with Crippen LogP contribution in [-0.4, -0.2) is 29.2 Å². The molecule has 1 saturated heterocycles. The summed E-state index contributed by atoms with van der Waals surface area (Å²) in [6, 6.07) is 20.1. The molecule has 1 fully saturated rings. The Bertz CT molecular complexity index is 1260. The van der Waals surface area contributed by atoms with Gasteiger partial charge in [-0.25, -0.2) is 0 Å². The van der Waals surface area contributed by atoms with Crippen molar-refractivity contribution in [2.75, 3.05) is 13.2 Å². The number of carbonyl (C=O) groups excluding carboxylic acids is 2. The lowest BCUT2D eigenvalue weighted by Crippen LogP contribution is -2.32. The van der Waals surface area contributed by atoms with Gasteiger partial charge >= 0.3 is 0 Å². The van der Waals surface area contributed by atoms with Crippen molar-refractivity contribution in [2.24, 2.45) is 0 Å². The van der Waals surface area contributed by atoms with Crippen LogP contribution < -0.4 is 9.47 Å². The van der Waals surface area contributed by atoms with E-state index < -0.39 is 0 Å². The number of hydrogen-bond acceptors (Lipinski definition) is 5. The fourth-order valence-corrected chi connectivity index (χ4v) is 4.64. The summed E-state index contributed by atoms with van der Waals surface area (Å²) in [5, 5.41) is 0.739. The fourth-order valence-electron chi connectivity index (χ4n) is 3.32. The molecule has 0 aliphatic carbocycles. The van der Waals surface area contributed by atoms with Crippen molar-refractivity contribution in [1.29, 1.82) is 0 Å². The van der Waals surface area contributed by atoms with Gasteiger partial charge in [0.25, 0.3) is 11.1 Å². The maximum atomic E-state index is 12.9. The van der Waals surface area contributed by atoms with E-state index in [-0.39, 0.29) is 30.9 Å². The normalized spacial score (nSPS) is 14.7. The average Bonchev–Trinajstić information content (AvgIpc) is 3.07. The van der Waals surface area contributed by atoms with Crippen LogP contribution >= 0.6 is 35.0 Å². The molecule has 0 unspecified atom stereocenters. The second kappa shape index (κ2) is 11.0. The number of rotatable bonds is 8. The van der Waals surface area contributed by atoms with Gasteiger partial charge in [0.2, 0.25) is 0 Å². The van der Waals surface area contributed by atoms with Gasteiger partial charge < -0.3 is 9.47 Å². The number of benzene rings is 3. The van der Waals surface area contributed by atoms with E-state index in [0.717, 1.165) is 22.9 Å². The molecule has 0 radical (unpaired) electrons. The topological polar surface area (TPSA) is 55.8 Å². The van der Waals surface area contributed by atoms with Crippen LogP contribution in [0.1, 0.15) is 16.7 Å². The summed E-state index contributed by atoms with van der Waals surface area (Å²) in [6.45, 7) is 2.60. The Morgan fingerprint density at radius 3 is 2.59 bits per heavy atom. The van der Waals surface area contributed by atoms with Crippen LogP contribution in [0.3, 0.4) is 0 Å². The van der Waals surface area contributed by atoms with Crippen molar-refractivity contribution >= 4 is 52.2 Å². The summed E-state index contributed by atoms with van der Waals surface area (Å²) < 4.78 is 11.7. The highest BCUT2D eigenvalue weighted by Crippen LogP contribution is 2.34. The van der Waals surface area contributed by atoms with Crippen LogP contribution in [0, 0.1) is 6.92 Å².